The van der Waals surface area contributed by atoms with E-state index in [1.54, 1.807) is 0 Å². The van der Waals surface area contributed by atoms with E-state index in [9.17, 15) is 20.1 Å². The van der Waals surface area contributed by atoms with Crippen LogP contribution in [0, 0.1) is 0 Å². The third-order valence-corrected chi connectivity index (χ3v) is 2.57. The van der Waals surface area contributed by atoms with Gasteiger partial charge in [0.15, 0.2) is 5.78 Å². The van der Waals surface area contributed by atoms with Crippen LogP contribution in [0.2, 0.25) is 0 Å². The molecule has 16 heavy (non-hydrogen) atoms. The predicted molar refractivity (Wildman–Crippen MR) is 52.6 cm³/mol. The van der Waals surface area contributed by atoms with E-state index in [2.05, 4.69) is 0 Å². The summed E-state index contributed by atoms with van der Waals surface area (Å²) >= 11 is 0. The van der Waals surface area contributed by atoms with E-state index in [0.717, 1.165) is 6.92 Å². The lowest BCUT2D eigenvalue weighted by atomic mass is 9.89. The van der Waals surface area contributed by atoms with Gasteiger partial charge in [-0.05, 0) is 0 Å². The number of hydrogen-bond donors (Lipinski definition) is 6. The lowest BCUT2D eigenvalue weighted by Gasteiger charge is -2.44. The zero-order valence-electron chi connectivity index (χ0n) is 8.91. The molecule has 0 aromatic rings. The van der Waals surface area contributed by atoms with Gasteiger partial charge in [-0.15, -0.1) is 0 Å². The van der Waals surface area contributed by atoms with Crippen LogP contribution >= 0.6 is 0 Å². The SMILES string of the molecule is CC(=O)C1(O)O[C@H](CO)[C@@H](O)[C@H](O)[C@H]1N.N. The molecule has 8 nitrogen and oxygen atoms in total. The highest BCUT2D eigenvalue weighted by Gasteiger charge is 2.54. The molecule has 1 aliphatic rings. The van der Waals surface area contributed by atoms with Gasteiger partial charge in [0.25, 0.3) is 0 Å². The number of aliphatic hydroxyl groups excluding tert-OH is 3. The van der Waals surface area contributed by atoms with Crippen molar-refractivity contribution in [2.45, 2.75) is 37.1 Å². The van der Waals surface area contributed by atoms with E-state index >= 15 is 0 Å². The highest BCUT2D eigenvalue weighted by Crippen LogP contribution is 2.27. The van der Waals surface area contributed by atoms with Gasteiger partial charge in [0.05, 0.1) is 12.6 Å². The minimum atomic E-state index is -2.37. The van der Waals surface area contributed by atoms with E-state index in [-0.39, 0.29) is 6.15 Å². The van der Waals surface area contributed by atoms with Crippen LogP contribution in [0.15, 0.2) is 0 Å². The Morgan fingerprint density at radius 1 is 1.44 bits per heavy atom. The summed E-state index contributed by atoms with van der Waals surface area (Å²) in [6.45, 7) is 0.402. The zero-order chi connectivity index (χ0) is 11.8. The molecule has 0 aromatic carbocycles. The summed E-state index contributed by atoms with van der Waals surface area (Å²) < 4.78 is 4.80. The van der Waals surface area contributed by atoms with Crippen molar-refractivity contribution < 1.29 is 30.0 Å². The summed E-state index contributed by atoms with van der Waals surface area (Å²) in [7, 11) is 0. The summed E-state index contributed by atoms with van der Waals surface area (Å²) in [6, 6.07) is -1.45. The molecule has 96 valence electrons. The summed E-state index contributed by atoms with van der Waals surface area (Å²) in [4.78, 5) is 11.1. The second-order valence-electron chi connectivity index (χ2n) is 3.60. The number of aliphatic hydroxyl groups is 4. The Balaban J connectivity index is 0.00000225. The highest BCUT2D eigenvalue weighted by molar-refractivity contribution is 5.84. The number of hydrogen-bond acceptors (Lipinski definition) is 8. The molecular formula is C8H18N2O6. The molecule has 0 spiro atoms. The van der Waals surface area contributed by atoms with Gasteiger partial charge in [0, 0.05) is 6.92 Å². The molecule has 1 heterocycles. The quantitative estimate of drug-likeness (QED) is 0.293. The van der Waals surface area contributed by atoms with Crippen LogP contribution in [0.3, 0.4) is 0 Å². The molecule has 0 saturated carbocycles. The van der Waals surface area contributed by atoms with E-state index < -0.39 is 42.5 Å². The Bertz CT molecular complexity index is 261. The van der Waals surface area contributed by atoms with Crippen molar-refractivity contribution in [3.8, 4) is 0 Å². The first-order chi connectivity index (χ1) is 6.84. The maximum absolute atomic E-state index is 11.1. The number of rotatable bonds is 2. The fourth-order valence-corrected chi connectivity index (χ4v) is 1.51. The van der Waals surface area contributed by atoms with Crippen LogP contribution in [-0.2, 0) is 9.53 Å². The van der Waals surface area contributed by atoms with Crippen LogP contribution in [0.5, 0.6) is 0 Å². The molecule has 9 N–H and O–H groups in total. The molecule has 0 aliphatic carbocycles. The number of ketones is 1. The number of Topliss-reactive ketones (excluding diaryl/α,β-unsaturated/α-hetero) is 1. The highest BCUT2D eigenvalue weighted by atomic mass is 16.7. The Kier molecular flexibility index (Phi) is 4.95. The fraction of sp³-hybridized carbons (Fsp3) is 0.875. The molecular weight excluding hydrogens is 220 g/mol. The van der Waals surface area contributed by atoms with Crippen LogP contribution in [0.25, 0.3) is 0 Å². The summed E-state index contributed by atoms with van der Waals surface area (Å²) in [6.07, 6.45) is -4.22. The van der Waals surface area contributed by atoms with Crippen molar-refractivity contribution in [1.29, 1.82) is 0 Å². The van der Waals surface area contributed by atoms with Crippen LogP contribution < -0.4 is 11.9 Å². The van der Waals surface area contributed by atoms with Crippen LogP contribution in [0.1, 0.15) is 6.92 Å². The fourth-order valence-electron chi connectivity index (χ4n) is 1.51. The summed E-state index contributed by atoms with van der Waals surface area (Å²) in [5, 5.41) is 37.4. The van der Waals surface area contributed by atoms with Crippen LogP contribution in [0.4, 0.5) is 0 Å². The summed E-state index contributed by atoms with van der Waals surface area (Å²) in [5.74, 6) is -3.16. The lowest BCUT2D eigenvalue weighted by Crippen LogP contribution is -2.70. The first-order valence-electron chi connectivity index (χ1n) is 4.48. The zero-order valence-corrected chi connectivity index (χ0v) is 8.91. The first kappa shape index (κ1) is 15.4. The number of nitrogens with two attached hydrogens (primary N) is 1. The maximum atomic E-state index is 11.1. The maximum Gasteiger partial charge on any atom is 0.244 e. The molecule has 0 aromatic heterocycles. The average Bonchev–Trinajstić information content (AvgIpc) is 2.20. The summed E-state index contributed by atoms with van der Waals surface area (Å²) in [5.41, 5.74) is 5.38. The molecule has 1 fully saturated rings. The Morgan fingerprint density at radius 3 is 2.31 bits per heavy atom. The van der Waals surface area contributed by atoms with Crippen molar-refractivity contribution >= 4 is 5.78 Å². The molecule has 5 atom stereocenters. The predicted octanol–water partition coefficient (Wildman–Crippen LogP) is -3.13. The first-order valence-corrected chi connectivity index (χ1v) is 4.48. The van der Waals surface area contributed by atoms with Gasteiger partial charge >= 0.3 is 0 Å². The van der Waals surface area contributed by atoms with Gasteiger partial charge < -0.3 is 37.0 Å². The Morgan fingerprint density at radius 2 is 1.94 bits per heavy atom. The van der Waals surface area contributed by atoms with Crippen molar-refractivity contribution in [3.05, 3.63) is 0 Å². The second-order valence-corrected chi connectivity index (χ2v) is 3.60. The Hall–Kier alpha value is -0.610. The monoisotopic (exact) mass is 238 g/mol. The number of carbonyl (C=O) groups is 1. The second kappa shape index (κ2) is 5.15. The third-order valence-electron chi connectivity index (χ3n) is 2.57. The van der Waals surface area contributed by atoms with Gasteiger partial charge in [-0.1, -0.05) is 0 Å². The normalized spacial score (nSPS) is 43.6. The molecule has 1 aliphatic heterocycles. The van der Waals surface area contributed by atoms with Gasteiger partial charge in [-0.2, -0.15) is 0 Å². The van der Waals surface area contributed by atoms with Crippen molar-refractivity contribution in [1.82, 2.24) is 6.15 Å². The molecule has 0 radical (unpaired) electrons. The molecule has 0 bridgehead atoms. The van der Waals surface area contributed by atoms with Crippen molar-refractivity contribution in [2.24, 2.45) is 5.73 Å². The molecule has 0 amide bonds. The van der Waals surface area contributed by atoms with Gasteiger partial charge in [-0.25, -0.2) is 0 Å². The molecule has 8 heteroatoms. The lowest BCUT2D eigenvalue weighted by molar-refractivity contribution is -0.296. The van der Waals surface area contributed by atoms with E-state index in [0.29, 0.717) is 0 Å². The van der Waals surface area contributed by atoms with Crippen LogP contribution in [-0.4, -0.2) is 63.0 Å². The topological polar surface area (TPSA) is 168 Å². The van der Waals surface area contributed by atoms with E-state index in [1.807, 2.05) is 0 Å². The van der Waals surface area contributed by atoms with Gasteiger partial charge in [0.2, 0.25) is 5.79 Å². The largest absolute Gasteiger partial charge is 0.394 e. The third kappa shape index (κ3) is 2.23. The Labute approximate surface area is 92.2 Å². The molecule has 1 rings (SSSR count). The van der Waals surface area contributed by atoms with E-state index in [4.69, 9.17) is 15.6 Å². The molecule has 1 saturated heterocycles. The van der Waals surface area contributed by atoms with Gasteiger partial charge in [-0.3, -0.25) is 4.79 Å². The molecule has 1 unspecified atom stereocenters. The number of ether oxygens (including phenoxy) is 1. The standard InChI is InChI=1S/C8H15NO6.H3N/c1-3(11)8(14)7(9)6(13)5(12)4(2-10)15-8;/h4-7,10,12-14H,2,9H2,1H3;1H3/t4-,5-,6+,7-,8?;/m1./s1. The van der Waals surface area contributed by atoms with Gasteiger partial charge in [0.1, 0.15) is 18.3 Å². The van der Waals surface area contributed by atoms with E-state index in [1.165, 1.54) is 0 Å². The number of carbonyl (C=O) groups excluding carboxylic acids is 1. The minimum absolute atomic E-state index is 0. The minimum Gasteiger partial charge on any atom is -0.394 e. The average molecular weight is 238 g/mol. The van der Waals surface area contributed by atoms with Crippen molar-refractivity contribution in [2.75, 3.05) is 6.61 Å². The smallest absolute Gasteiger partial charge is 0.244 e. The van der Waals surface area contributed by atoms with Crippen molar-refractivity contribution in [3.63, 3.8) is 0 Å².